The third-order valence-corrected chi connectivity index (χ3v) is 6.15. The smallest absolute Gasteiger partial charge is 0.251 e. The molecule has 0 saturated heterocycles. The highest BCUT2D eigenvalue weighted by Gasteiger charge is 2.11. The van der Waals surface area contributed by atoms with Crippen LogP contribution in [0.2, 0.25) is 0 Å². The van der Waals surface area contributed by atoms with Crippen molar-refractivity contribution in [3.8, 4) is 11.1 Å². The molecule has 0 aliphatic carbocycles. The fraction of sp³-hybridized carbons (Fsp3) is 0.200. The van der Waals surface area contributed by atoms with Gasteiger partial charge in [-0.15, -0.1) is 11.3 Å². The van der Waals surface area contributed by atoms with Crippen LogP contribution in [0.5, 0.6) is 0 Å². The first-order valence-corrected chi connectivity index (χ1v) is 10.8. The van der Waals surface area contributed by atoms with Crippen LogP contribution in [0.25, 0.3) is 21.2 Å². The van der Waals surface area contributed by atoms with Gasteiger partial charge < -0.3 is 10.1 Å². The van der Waals surface area contributed by atoms with E-state index in [1.165, 1.54) is 20.5 Å². The lowest BCUT2D eigenvalue weighted by Crippen LogP contribution is -2.26. The number of aromatic nitrogens is 1. The van der Waals surface area contributed by atoms with Crippen LogP contribution in [0.1, 0.15) is 26.5 Å². The number of nitrogens with one attached hydrogen (secondary N) is 1. The monoisotopic (exact) mass is 416 g/mol. The summed E-state index contributed by atoms with van der Waals surface area (Å²) >= 11 is 1.81. The number of aryl methyl sites for hydroxylation is 1. The maximum Gasteiger partial charge on any atom is 0.251 e. The molecule has 0 unspecified atom stereocenters. The third kappa shape index (κ3) is 4.58. The fourth-order valence-corrected chi connectivity index (χ4v) is 4.77. The summed E-state index contributed by atoms with van der Waals surface area (Å²) in [6, 6.07) is 20.6. The van der Waals surface area contributed by atoms with Gasteiger partial charge in [0.15, 0.2) is 0 Å². The van der Waals surface area contributed by atoms with E-state index in [1.54, 1.807) is 7.11 Å². The molecule has 2 aromatic carbocycles. The molecule has 2 aromatic heterocycles. The Kier molecular flexibility index (Phi) is 6.21. The van der Waals surface area contributed by atoms with E-state index in [1.807, 2.05) is 42.7 Å². The van der Waals surface area contributed by atoms with Crippen molar-refractivity contribution in [2.45, 2.75) is 13.3 Å². The molecule has 5 heteroatoms. The predicted octanol–water partition coefficient (Wildman–Crippen LogP) is 5.24. The van der Waals surface area contributed by atoms with Gasteiger partial charge in [-0.3, -0.25) is 9.78 Å². The van der Waals surface area contributed by atoms with E-state index >= 15 is 0 Å². The number of benzene rings is 2. The van der Waals surface area contributed by atoms with Crippen LogP contribution in [0.3, 0.4) is 0 Å². The van der Waals surface area contributed by atoms with Gasteiger partial charge in [0, 0.05) is 47.1 Å². The molecule has 4 nitrogen and oxygen atoms in total. The number of methoxy groups -OCH3 is 1. The zero-order chi connectivity index (χ0) is 20.9. The molecule has 1 amide bonds. The molecule has 0 aliphatic rings. The molecule has 1 N–H and O–H groups in total. The van der Waals surface area contributed by atoms with Crippen LogP contribution in [-0.4, -0.2) is 31.2 Å². The molecule has 4 aromatic rings. The number of hydrogen-bond donors (Lipinski definition) is 1. The van der Waals surface area contributed by atoms with E-state index in [2.05, 4.69) is 52.8 Å². The highest BCUT2D eigenvalue weighted by Crippen LogP contribution is 2.36. The number of ether oxygens (including phenoxy) is 1. The van der Waals surface area contributed by atoms with Crippen molar-refractivity contribution < 1.29 is 9.53 Å². The lowest BCUT2D eigenvalue weighted by atomic mass is 10.0. The Hall–Kier alpha value is -3.02. The van der Waals surface area contributed by atoms with Gasteiger partial charge in [-0.05, 0) is 59.3 Å². The van der Waals surface area contributed by atoms with Gasteiger partial charge in [0.25, 0.3) is 5.91 Å². The van der Waals surface area contributed by atoms with E-state index in [9.17, 15) is 4.79 Å². The molecule has 4 rings (SSSR count). The SMILES string of the molecule is COCCNC(=O)c1cccc(-c2cccc3cc(Cc4ccnc(C)c4)sc23)c1. The van der Waals surface area contributed by atoms with Crippen LogP contribution < -0.4 is 5.32 Å². The molecular weight excluding hydrogens is 392 g/mol. The number of thiophene rings is 1. The third-order valence-electron chi connectivity index (χ3n) is 4.96. The van der Waals surface area contributed by atoms with Crippen LogP contribution in [0.4, 0.5) is 0 Å². The summed E-state index contributed by atoms with van der Waals surface area (Å²) in [6.07, 6.45) is 2.76. The Labute approximate surface area is 180 Å². The summed E-state index contributed by atoms with van der Waals surface area (Å²) < 4.78 is 6.25. The number of pyridine rings is 1. The fourth-order valence-electron chi connectivity index (χ4n) is 3.54. The van der Waals surface area contributed by atoms with Crippen molar-refractivity contribution in [2.24, 2.45) is 0 Å². The highest BCUT2D eigenvalue weighted by molar-refractivity contribution is 7.19. The minimum absolute atomic E-state index is 0.0824. The van der Waals surface area contributed by atoms with Crippen molar-refractivity contribution in [3.63, 3.8) is 0 Å². The van der Waals surface area contributed by atoms with Crippen molar-refractivity contribution in [1.29, 1.82) is 0 Å². The molecule has 152 valence electrons. The first-order valence-electron chi connectivity index (χ1n) is 9.94. The van der Waals surface area contributed by atoms with Crippen molar-refractivity contribution in [3.05, 3.63) is 88.6 Å². The van der Waals surface area contributed by atoms with Crippen LogP contribution in [0, 0.1) is 6.92 Å². The number of rotatable bonds is 7. The minimum Gasteiger partial charge on any atom is -0.383 e. The Morgan fingerprint density at radius 3 is 2.80 bits per heavy atom. The molecule has 0 fully saturated rings. The second-order valence-corrected chi connectivity index (χ2v) is 8.39. The first-order chi connectivity index (χ1) is 14.6. The summed E-state index contributed by atoms with van der Waals surface area (Å²) in [7, 11) is 1.62. The van der Waals surface area contributed by atoms with Gasteiger partial charge in [-0.1, -0.05) is 30.3 Å². The Morgan fingerprint density at radius 1 is 1.10 bits per heavy atom. The number of hydrogen-bond acceptors (Lipinski definition) is 4. The zero-order valence-corrected chi connectivity index (χ0v) is 18.0. The predicted molar refractivity (Wildman–Crippen MR) is 123 cm³/mol. The average molecular weight is 417 g/mol. The van der Waals surface area contributed by atoms with E-state index in [0.29, 0.717) is 18.7 Å². The molecule has 0 aliphatic heterocycles. The maximum absolute atomic E-state index is 12.4. The number of nitrogens with zero attached hydrogens (tertiary/aromatic N) is 1. The molecule has 30 heavy (non-hydrogen) atoms. The minimum atomic E-state index is -0.0824. The van der Waals surface area contributed by atoms with E-state index < -0.39 is 0 Å². The quantitative estimate of drug-likeness (QED) is 0.419. The van der Waals surface area contributed by atoms with E-state index in [0.717, 1.165) is 23.2 Å². The number of carbonyl (C=O) groups excluding carboxylic acids is 1. The Balaban J connectivity index is 1.64. The highest BCUT2D eigenvalue weighted by atomic mass is 32.1. The van der Waals surface area contributed by atoms with E-state index in [4.69, 9.17) is 4.74 Å². The van der Waals surface area contributed by atoms with Gasteiger partial charge in [-0.2, -0.15) is 0 Å². The second kappa shape index (κ2) is 9.20. The number of fused-ring (bicyclic) bond motifs is 1. The molecular formula is C25H24N2O2S. The Bertz CT molecular complexity index is 1180. The summed E-state index contributed by atoms with van der Waals surface area (Å²) in [5.74, 6) is -0.0824. The molecule has 0 atom stereocenters. The van der Waals surface area contributed by atoms with Crippen LogP contribution in [-0.2, 0) is 11.2 Å². The Morgan fingerprint density at radius 2 is 1.97 bits per heavy atom. The molecule has 2 heterocycles. The average Bonchev–Trinajstić information content (AvgIpc) is 3.16. The normalized spacial score (nSPS) is 11.0. The van der Waals surface area contributed by atoms with Crippen molar-refractivity contribution in [2.75, 3.05) is 20.3 Å². The van der Waals surface area contributed by atoms with E-state index in [-0.39, 0.29) is 5.91 Å². The first kappa shape index (κ1) is 20.3. The van der Waals surface area contributed by atoms with Gasteiger partial charge >= 0.3 is 0 Å². The maximum atomic E-state index is 12.4. The number of amides is 1. The number of carbonyl (C=O) groups is 1. The van der Waals surface area contributed by atoms with Crippen molar-refractivity contribution in [1.82, 2.24) is 10.3 Å². The van der Waals surface area contributed by atoms with Gasteiger partial charge in [0.1, 0.15) is 0 Å². The summed E-state index contributed by atoms with van der Waals surface area (Å²) in [5, 5.41) is 4.12. The molecule has 0 bridgehead atoms. The summed E-state index contributed by atoms with van der Waals surface area (Å²) in [5.41, 5.74) is 5.17. The van der Waals surface area contributed by atoms with Gasteiger partial charge in [0.05, 0.1) is 6.61 Å². The van der Waals surface area contributed by atoms with Crippen LogP contribution >= 0.6 is 11.3 Å². The lowest BCUT2D eigenvalue weighted by Gasteiger charge is -2.08. The van der Waals surface area contributed by atoms with Gasteiger partial charge in [-0.25, -0.2) is 0 Å². The summed E-state index contributed by atoms with van der Waals surface area (Å²) in [4.78, 5) is 18.0. The molecule has 0 spiro atoms. The summed E-state index contributed by atoms with van der Waals surface area (Å²) in [6.45, 7) is 3.02. The van der Waals surface area contributed by atoms with Crippen LogP contribution in [0.15, 0.2) is 66.9 Å². The van der Waals surface area contributed by atoms with Gasteiger partial charge in [0.2, 0.25) is 0 Å². The molecule has 0 radical (unpaired) electrons. The standard InChI is InChI=1S/C25H24N2O2S/c1-17-13-18(9-10-26-17)14-22-16-20-6-4-8-23(24(20)30-22)19-5-3-7-21(15-19)25(28)27-11-12-29-2/h3-10,13,15-16H,11-12,14H2,1-2H3,(H,27,28). The topological polar surface area (TPSA) is 51.2 Å². The molecule has 0 saturated carbocycles. The largest absolute Gasteiger partial charge is 0.383 e. The zero-order valence-electron chi connectivity index (χ0n) is 17.1. The second-order valence-electron chi connectivity index (χ2n) is 7.25. The lowest BCUT2D eigenvalue weighted by molar-refractivity contribution is 0.0937. The van der Waals surface area contributed by atoms with Crippen molar-refractivity contribution >= 4 is 27.3 Å².